The van der Waals surface area contributed by atoms with Crippen LogP contribution < -0.4 is 15.6 Å². The van der Waals surface area contributed by atoms with Crippen LogP contribution in [0.4, 0.5) is 4.39 Å². The highest BCUT2D eigenvalue weighted by Gasteiger charge is 2.33. The number of benzene rings is 1. The second-order valence-corrected chi connectivity index (χ2v) is 5.97. The lowest BCUT2D eigenvalue weighted by Gasteiger charge is -2.19. The molecule has 1 N–H and O–H groups in total. The lowest BCUT2D eigenvalue weighted by Crippen LogP contribution is -2.35. The van der Waals surface area contributed by atoms with Gasteiger partial charge in [-0.2, -0.15) is 0 Å². The summed E-state index contributed by atoms with van der Waals surface area (Å²) < 4.78 is 19.5. The summed E-state index contributed by atoms with van der Waals surface area (Å²) in [5, 5.41) is 2.97. The molecule has 1 aromatic heterocycles. The van der Waals surface area contributed by atoms with Crippen molar-refractivity contribution in [3.8, 4) is 5.75 Å². The normalized spacial score (nSPS) is 14.9. The molecule has 0 spiro atoms. The number of halogens is 1. The zero-order valence-electron chi connectivity index (χ0n) is 13.4. The van der Waals surface area contributed by atoms with Gasteiger partial charge in [0.05, 0.1) is 13.2 Å². The van der Waals surface area contributed by atoms with Gasteiger partial charge >= 0.3 is 0 Å². The van der Waals surface area contributed by atoms with Crippen LogP contribution in [-0.2, 0) is 11.3 Å². The first-order chi connectivity index (χ1) is 11.6. The fourth-order valence-electron chi connectivity index (χ4n) is 2.71. The lowest BCUT2D eigenvalue weighted by atomic mass is 10.0. The van der Waals surface area contributed by atoms with Gasteiger partial charge in [-0.05, 0) is 42.5 Å². The number of ether oxygens (including phenoxy) is 1. The van der Waals surface area contributed by atoms with Crippen molar-refractivity contribution in [1.29, 1.82) is 0 Å². The minimum atomic E-state index is -0.545. The van der Waals surface area contributed by atoms with Gasteiger partial charge in [0.15, 0.2) is 0 Å². The second kappa shape index (κ2) is 6.86. The number of aromatic nitrogens is 1. The fourth-order valence-corrected chi connectivity index (χ4v) is 2.71. The molecule has 1 heterocycles. The number of pyridine rings is 1. The highest BCUT2D eigenvalue weighted by Crippen LogP contribution is 2.41. The summed E-state index contributed by atoms with van der Waals surface area (Å²) in [4.78, 5) is 24.0. The molecule has 0 saturated heterocycles. The van der Waals surface area contributed by atoms with E-state index < -0.39 is 11.4 Å². The molecule has 1 aliphatic rings. The Balaban J connectivity index is 1.72. The van der Waals surface area contributed by atoms with E-state index in [1.807, 2.05) is 24.3 Å². The van der Waals surface area contributed by atoms with E-state index in [1.54, 1.807) is 7.11 Å². The summed E-state index contributed by atoms with van der Waals surface area (Å²) in [5.74, 6) is 0.296. The van der Waals surface area contributed by atoms with Gasteiger partial charge in [0.2, 0.25) is 5.91 Å². The van der Waals surface area contributed by atoms with E-state index in [9.17, 15) is 14.0 Å². The van der Waals surface area contributed by atoms with E-state index in [2.05, 4.69) is 5.32 Å². The van der Waals surface area contributed by atoms with Gasteiger partial charge in [-0.3, -0.25) is 9.59 Å². The highest BCUT2D eigenvalue weighted by atomic mass is 19.1. The molecule has 3 rings (SSSR count). The average Bonchev–Trinajstić information content (AvgIpc) is 3.41. The Morgan fingerprint density at radius 1 is 1.29 bits per heavy atom. The van der Waals surface area contributed by atoms with E-state index in [0.717, 1.165) is 47.1 Å². The average molecular weight is 330 g/mol. The summed E-state index contributed by atoms with van der Waals surface area (Å²) in [7, 11) is 1.60. The molecular weight excluding hydrogens is 311 g/mol. The van der Waals surface area contributed by atoms with Crippen LogP contribution >= 0.6 is 0 Å². The number of carbonyl (C=O) groups is 1. The molecule has 1 aromatic carbocycles. The molecule has 126 valence electrons. The van der Waals surface area contributed by atoms with Crippen LogP contribution in [-0.4, -0.2) is 17.6 Å². The molecule has 1 saturated carbocycles. The van der Waals surface area contributed by atoms with Crippen molar-refractivity contribution in [2.75, 3.05) is 7.11 Å². The van der Waals surface area contributed by atoms with Crippen LogP contribution in [0.5, 0.6) is 5.75 Å². The number of methoxy groups -OCH3 is 1. The Labute approximate surface area is 139 Å². The first-order valence-corrected chi connectivity index (χ1v) is 7.86. The molecule has 0 unspecified atom stereocenters. The lowest BCUT2D eigenvalue weighted by molar-refractivity contribution is -0.122. The van der Waals surface area contributed by atoms with Gasteiger partial charge in [-0.15, -0.1) is 0 Å². The summed E-state index contributed by atoms with van der Waals surface area (Å²) in [6.07, 6.45) is 3.15. The van der Waals surface area contributed by atoms with Crippen molar-refractivity contribution in [1.82, 2.24) is 9.88 Å². The molecule has 1 fully saturated rings. The zero-order valence-corrected chi connectivity index (χ0v) is 13.4. The fraction of sp³-hybridized carbons (Fsp3) is 0.333. The summed E-state index contributed by atoms with van der Waals surface area (Å²) in [6, 6.07) is 9.66. The van der Waals surface area contributed by atoms with Gasteiger partial charge in [0.1, 0.15) is 18.1 Å². The van der Waals surface area contributed by atoms with Crippen molar-refractivity contribution >= 4 is 5.91 Å². The predicted octanol–water partition coefficient (Wildman–Crippen LogP) is 2.26. The summed E-state index contributed by atoms with van der Waals surface area (Å²) in [5.41, 5.74) is 0.595. The van der Waals surface area contributed by atoms with Crippen LogP contribution in [0, 0.1) is 11.7 Å². The van der Waals surface area contributed by atoms with Crippen LogP contribution in [0.1, 0.15) is 24.4 Å². The maximum absolute atomic E-state index is 13.2. The van der Waals surface area contributed by atoms with Crippen molar-refractivity contribution in [2.24, 2.45) is 5.92 Å². The Morgan fingerprint density at radius 3 is 2.62 bits per heavy atom. The number of amides is 1. The quantitative estimate of drug-likeness (QED) is 0.884. The molecule has 0 bridgehead atoms. The van der Waals surface area contributed by atoms with Gasteiger partial charge in [-0.25, -0.2) is 4.39 Å². The standard InChI is InChI=1S/C18H19FN2O3/c1-24-15-7-4-13(5-8-15)18(12-2-3-12)20-16(22)11-21-10-14(19)6-9-17(21)23/h4-10,12,18H,2-3,11H2,1H3,(H,20,22)/t18-/m1/s1. The van der Waals surface area contributed by atoms with E-state index >= 15 is 0 Å². The molecule has 0 radical (unpaired) electrons. The van der Waals surface area contributed by atoms with Crippen LogP contribution in [0.3, 0.4) is 0 Å². The van der Waals surface area contributed by atoms with Gasteiger partial charge in [0.25, 0.3) is 5.56 Å². The van der Waals surface area contributed by atoms with Gasteiger partial charge in [0, 0.05) is 12.3 Å². The largest absolute Gasteiger partial charge is 0.497 e. The van der Waals surface area contributed by atoms with Crippen molar-refractivity contribution in [3.05, 3.63) is 64.3 Å². The van der Waals surface area contributed by atoms with Crippen molar-refractivity contribution in [3.63, 3.8) is 0 Å². The molecular formula is C18H19FN2O3. The Bertz CT molecular complexity index is 782. The highest BCUT2D eigenvalue weighted by molar-refractivity contribution is 5.76. The maximum Gasteiger partial charge on any atom is 0.251 e. The zero-order chi connectivity index (χ0) is 17.1. The minimum Gasteiger partial charge on any atom is -0.497 e. The van der Waals surface area contributed by atoms with Crippen molar-refractivity contribution < 1.29 is 13.9 Å². The summed E-state index contributed by atoms with van der Waals surface area (Å²) >= 11 is 0. The van der Waals surface area contributed by atoms with E-state index in [1.165, 1.54) is 0 Å². The number of carbonyl (C=O) groups excluding carboxylic acids is 1. The first-order valence-electron chi connectivity index (χ1n) is 7.86. The number of rotatable bonds is 6. The van der Waals surface area contributed by atoms with E-state index in [0.29, 0.717) is 5.92 Å². The second-order valence-electron chi connectivity index (χ2n) is 5.97. The molecule has 24 heavy (non-hydrogen) atoms. The summed E-state index contributed by atoms with van der Waals surface area (Å²) in [6.45, 7) is -0.198. The topological polar surface area (TPSA) is 60.3 Å². The Morgan fingerprint density at radius 2 is 2.00 bits per heavy atom. The smallest absolute Gasteiger partial charge is 0.251 e. The molecule has 0 aliphatic heterocycles. The van der Waals surface area contributed by atoms with Crippen LogP contribution in [0.2, 0.25) is 0 Å². The molecule has 1 amide bonds. The van der Waals surface area contributed by atoms with Crippen molar-refractivity contribution in [2.45, 2.75) is 25.4 Å². The van der Waals surface area contributed by atoms with Gasteiger partial charge < -0.3 is 14.6 Å². The monoisotopic (exact) mass is 330 g/mol. The minimum absolute atomic E-state index is 0.104. The molecule has 6 heteroatoms. The van der Waals surface area contributed by atoms with Gasteiger partial charge in [-0.1, -0.05) is 12.1 Å². The Hall–Kier alpha value is -2.63. The number of nitrogens with zero attached hydrogens (tertiary/aromatic N) is 1. The molecule has 1 aliphatic carbocycles. The predicted molar refractivity (Wildman–Crippen MR) is 87.3 cm³/mol. The third kappa shape index (κ3) is 3.82. The number of nitrogens with one attached hydrogen (secondary N) is 1. The van der Waals surface area contributed by atoms with Crippen LogP contribution in [0.25, 0.3) is 0 Å². The van der Waals surface area contributed by atoms with E-state index in [-0.39, 0.29) is 18.5 Å². The molecule has 1 atom stereocenters. The number of hydrogen-bond acceptors (Lipinski definition) is 3. The first kappa shape index (κ1) is 16.2. The SMILES string of the molecule is COc1ccc([C@H](NC(=O)Cn2cc(F)ccc2=O)C2CC2)cc1. The third-order valence-electron chi connectivity index (χ3n) is 4.15. The maximum atomic E-state index is 13.2. The molecule has 5 nitrogen and oxygen atoms in total. The number of hydrogen-bond donors (Lipinski definition) is 1. The van der Waals surface area contributed by atoms with Crippen LogP contribution in [0.15, 0.2) is 47.4 Å². The Kier molecular flexibility index (Phi) is 4.64. The van der Waals surface area contributed by atoms with E-state index in [4.69, 9.17) is 4.74 Å². The third-order valence-corrected chi connectivity index (χ3v) is 4.15. The molecule has 2 aromatic rings.